The first-order chi connectivity index (χ1) is 16.8. The third-order valence-electron chi connectivity index (χ3n) is 5.92. The molecule has 0 amide bonds. The van der Waals surface area contributed by atoms with Gasteiger partial charge >= 0.3 is 11.9 Å². The van der Waals surface area contributed by atoms with Crippen molar-refractivity contribution in [2.45, 2.75) is 25.8 Å². The number of nitrogens with zero attached hydrogens (tertiary/aromatic N) is 4. The molecule has 4 atom stereocenters. The molecule has 12 heteroatoms. The molecule has 0 aliphatic carbocycles. The minimum atomic E-state index is -1.04. The molecule has 2 aliphatic rings. The van der Waals surface area contributed by atoms with Crippen LogP contribution in [0.2, 0.25) is 0 Å². The fourth-order valence-electron chi connectivity index (χ4n) is 3.99. The largest absolute Gasteiger partial charge is 0.481 e. The third-order valence-corrected chi connectivity index (χ3v) is 6.70. The van der Waals surface area contributed by atoms with E-state index in [4.69, 9.17) is 9.84 Å². The van der Waals surface area contributed by atoms with E-state index in [0.29, 0.717) is 41.9 Å². The topological polar surface area (TPSA) is 107 Å². The summed E-state index contributed by atoms with van der Waals surface area (Å²) in [6.07, 6.45) is 2.42. The molecular weight excluding hydrogens is 480 g/mol. The fraction of sp³-hybridized carbons (Fsp3) is 0.391. The number of aliphatic carboxylic acids is 1. The smallest absolute Gasteiger partial charge is 0.338 e. The molecule has 0 spiro atoms. The molecule has 0 radical (unpaired) electrons. The summed E-state index contributed by atoms with van der Waals surface area (Å²) >= 11 is 1.34. The molecule has 3 heterocycles. The normalized spacial score (nSPS) is 22.3. The van der Waals surface area contributed by atoms with E-state index in [1.54, 1.807) is 11.6 Å². The highest BCUT2D eigenvalue weighted by atomic mass is 32.1. The Labute approximate surface area is 204 Å². The number of thiazole rings is 1. The average molecular weight is 506 g/mol. The number of aromatic nitrogens is 1. The van der Waals surface area contributed by atoms with Crippen molar-refractivity contribution in [1.29, 1.82) is 0 Å². The van der Waals surface area contributed by atoms with Gasteiger partial charge in [0.05, 0.1) is 25.9 Å². The van der Waals surface area contributed by atoms with Crippen LogP contribution in [0, 0.1) is 17.6 Å². The predicted molar refractivity (Wildman–Crippen MR) is 124 cm³/mol. The standard InChI is InChI=1S/C23H25F2N5O4S/c1-3-13(8-18(31)32)10-29-12-30(29)11-17-19(23(33)34-2)20(14-4-5-15(24)16(25)9-14)28-21(27-17)22-26-6-7-35-22/h4-7,9,13,20H,3,8,10-12H2,1-2H3,(H,27,28)(H,31,32)/t13?,20-,29?,30?/m0/s1. The van der Waals surface area contributed by atoms with Crippen LogP contribution in [0.25, 0.3) is 0 Å². The Morgan fingerprint density at radius 2 is 2.11 bits per heavy atom. The Balaban J connectivity index is 1.65. The maximum absolute atomic E-state index is 14.1. The Morgan fingerprint density at radius 1 is 1.31 bits per heavy atom. The molecule has 2 N–H and O–H groups in total. The van der Waals surface area contributed by atoms with Gasteiger partial charge in [0.15, 0.2) is 22.5 Å². The number of hydrogen-bond acceptors (Lipinski definition) is 9. The van der Waals surface area contributed by atoms with Crippen molar-refractivity contribution in [3.8, 4) is 0 Å². The number of carboxylic acids is 1. The first kappa shape index (κ1) is 24.9. The van der Waals surface area contributed by atoms with Crippen molar-refractivity contribution in [2.24, 2.45) is 10.9 Å². The number of hydrazine groups is 1. The SMILES string of the molecule is CCC(CC(=O)O)CN1CN1CC1=C(C(=O)OC)[C@H](c2ccc(F)c(F)c2)N=C(c2nccs2)N1. The fourth-order valence-corrected chi connectivity index (χ4v) is 4.58. The molecule has 9 nitrogen and oxygen atoms in total. The summed E-state index contributed by atoms with van der Waals surface area (Å²) in [6, 6.07) is 2.48. The van der Waals surface area contributed by atoms with E-state index in [9.17, 15) is 18.4 Å². The number of methoxy groups -OCH3 is 1. The summed E-state index contributed by atoms with van der Waals surface area (Å²) in [6.45, 7) is 3.41. The number of carbonyl (C=O) groups excluding carboxylic acids is 1. The van der Waals surface area contributed by atoms with Gasteiger partial charge in [0.2, 0.25) is 0 Å². The first-order valence-electron chi connectivity index (χ1n) is 11.0. The Kier molecular flexibility index (Phi) is 7.53. The van der Waals surface area contributed by atoms with E-state index in [1.807, 2.05) is 16.9 Å². The van der Waals surface area contributed by atoms with Gasteiger partial charge < -0.3 is 15.2 Å². The molecular formula is C23H25F2N5O4S. The maximum Gasteiger partial charge on any atom is 0.338 e. The first-order valence-corrected chi connectivity index (χ1v) is 11.9. The Bertz CT molecular complexity index is 1170. The predicted octanol–water partition coefficient (Wildman–Crippen LogP) is 2.93. The van der Waals surface area contributed by atoms with Crippen molar-refractivity contribution < 1.29 is 28.2 Å². The molecule has 1 fully saturated rings. The number of esters is 1. The summed E-state index contributed by atoms with van der Waals surface area (Å²) in [5.74, 6) is -3.12. The summed E-state index contributed by atoms with van der Waals surface area (Å²) < 4.78 is 32.7. The number of carbonyl (C=O) groups is 2. The average Bonchev–Trinajstić information content (AvgIpc) is 3.31. The van der Waals surface area contributed by atoms with Gasteiger partial charge in [0, 0.05) is 30.2 Å². The van der Waals surface area contributed by atoms with Crippen molar-refractivity contribution in [1.82, 2.24) is 20.3 Å². The zero-order chi connectivity index (χ0) is 25.1. The van der Waals surface area contributed by atoms with Crippen LogP contribution in [-0.2, 0) is 14.3 Å². The van der Waals surface area contributed by atoms with Crippen LogP contribution < -0.4 is 5.32 Å². The number of benzene rings is 1. The van der Waals surface area contributed by atoms with E-state index in [2.05, 4.69) is 15.3 Å². The van der Waals surface area contributed by atoms with Crippen LogP contribution in [0.5, 0.6) is 0 Å². The monoisotopic (exact) mass is 505 g/mol. The maximum atomic E-state index is 14.1. The second-order valence-corrected chi connectivity index (χ2v) is 9.16. The molecule has 1 aromatic carbocycles. The Hall–Kier alpha value is -3.22. The summed E-state index contributed by atoms with van der Waals surface area (Å²) in [5.41, 5.74) is 0.983. The van der Waals surface area contributed by atoms with Gasteiger partial charge in [0.25, 0.3) is 0 Å². The van der Waals surface area contributed by atoms with Gasteiger partial charge in [-0.05, 0) is 23.6 Å². The summed E-state index contributed by atoms with van der Waals surface area (Å²) in [7, 11) is 1.25. The summed E-state index contributed by atoms with van der Waals surface area (Å²) in [5, 5.41) is 18.6. The molecule has 2 aromatic rings. The van der Waals surface area contributed by atoms with Gasteiger partial charge in [-0.3, -0.25) is 9.79 Å². The highest BCUT2D eigenvalue weighted by molar-refractivity contribution is 7.11. The number of nitrogens with one attached hydrogen (secondary N) is 1. The third kappa shape index (κ3) is 5.72. The van der Waals surface area contributed by atoms with Crippen LogP contribution in [0.4, 0.5) is 8.78 Å². The molecule has 4 rings (SSSR count). The Morgan fingerprint density at radius 3 is 2.74 bits per heavy atom. The van der Waals surface area contributed by atoms with Gasteiger partial charge in [-0.15, -0.1) is 11.3 Å². The zero-order valence-electron chi connectivity index (χ0n) is 19.2. The van der Waals surface area contributed by atoms with Crippen molar-refractivity contribution in [3.05, 3.63) is 63.3 Å². The molecule has 35 heavy (non-hydrogen) atoms. The number of carboxylic acid groups (broad SMARTS) is 1. The van der Waals surface area contributed by atoms with E-state index in [1.165, 1.54) is 24.5 Å². The van der Waals surface area contributed by atoms with Gasteiger partial charge in [-0.25, -0.2) is 28.6 Å². The van der Waals surface area contributed by atoms with E-state index < -0.39 is 29.6 Å². The molecule has 1 aromatic heterocycles. The minimum absolute atomic E-state index is 0.00625. The lowest BCUT2D eigenvalue weighted by Gasteiger charge is -2.27. The lowest BCUT2D eigenvalue weighted by atomic mass is 9.95. The number of aliphatic imine (C=N–C) groups is 1. The van der Waals surface area contributed by atoms with E-state index in [0.717, 1.165) is 18.6 Å². The lowest BCUT2D eigenvalue weighted by Crippen LogP contribution is -2.37. The second kappa shape index (κ2) is 10.6. The highest BCUT2D eigenvalue weighted by Crippen LogP contribution is 2.34. The molecule has 3 unspecified atom stereocenters. The molecule has 0 bridgehead atoms. The van der Waals surface area contributed by atoms with Crippen LogP contribution in [0.3, 0.4) is 0 Å². The number of ether oxygens (including phenoxy) is 1. The molecule has 2 aliphatic heterocycles. The van der Waals surface area contributed by atoms with E-state index in [-0.39, 0.29) is 17.9 Å². The number of amidine groups is 1. The highest BCUT2D eigenvalue weighted by Gasteiger charge is 2.38. The van der Waals surface area contributed by atoms with Crippen LogP contribution in [0.15, 0.2) is 46.0 Å². The van der Waals surface area contributed by atoms with E-state index >= 15 is 0 Å². The van der Waals surface area contributed by atoms with Gasteiger partial charge in [0.1, 0.15) is 6.04 Å². The van der Waals surface area contributed by atoms with Crippen LogP contribution in [-0.4, -0.2) is 64.8 Å². The van der Waals surface area contributed by atoms with Crippen LogP contribution in [0.1, 0.15) is 36.4 Å². The van der Waals surface area contributed by atoms with Crippen molar-refractivity contribution in [3.63, 3.8) is 0 Å². The van der Waals surface area contributed by atoms with Crippen molar-refractivity contribution >= 4 is 29.1 Å². The minimum Gasteiger partial charge on any atom is -0.481 e. The molecule has 0 saturated carbocycles. The van der Waals surface area contributed by atoms with Crippen molar-refractivity contribution in [2.75, 3.05) is 26.9 Å². The zero-order valence-corrected chi connectivity index (χ0v) is 20.0. The number of rotatable bonds is 10. The van der Waals surface area contributed by atoms with Gasteiger partial charge in [-0.2, -0.15) is 0 Å². The number of hydrogen-bond donors (Lipinski definition) is 2. The molecule has 186 valence electrons. The van der Waals surface area contributed by atoms with Crippen LogP contribution >= 0.6 is 11.3 Å². The lowest BCUT2D eigenvalue weighted by molar-refractivity contribution is -0.138. The second-order valence-electron chi connectivity index (χ2n) is 8.27. The quantitative estimate of drug-likeness (QED) is 0.375. The van der Waals surface area contributed by atoms with Gasteiger partial charge in [-0.1, -0.05) is 19.4 Å². The number of halogens is 2. The molecule has 1 saturated heterocycles. The summed E-state index contributed by atoms with van der Waals surface area (Å²) in [4.78, 5) is 32.9.